The highest BCUT2D eigenvalue weighted by molar-refractivity contribution is 5.99. The molecule has 0 atom stereocenters. The SMILES string of the molecule is Cc1cc(Cn2ccc3cc(C(=O)NC4(CC(=O)NO)CCOCC4)ccc32)c2ccccc2n1.O=C(O)C(F)(F)F. The molecule has 13 heteroatoms. The molecule has 0 unspecified atom stereocenters. The summed E-state index contributed by atoms with van der Waals surface area (Å²) in [5, 5.41) is 21.2. The summed E-state index contributed by atoms with van der Waals surface area (Å²) in [6.45, 7) is 3.59. The predicted octanol–water partition coefficient (Wildman–Crippen LogP) is 4.35. The van der Waals surface area contributed by atoms with Gasteiger partial charge >= 0.3 is 12.1 Å². The number of hydroxylamine groups is 1. The molecule has 222 valence electrons. The third-order valence-corrected chi connectivity index (χ3v) is 7.00. The Bertz CT molecular complexity index is 1610. The van der Waals surface area contributed by atoms with Gasteiger partial charge in [0.2, 0.25) is 5.91 Å². The number of hydrogen-bond donors (Lipinski definition) is 4. The normalized spacial score (nSPS) is 14.6. The molecule has 2 aromatic carbocycles. The number of carbonyl (C=O) groups is 3. The minimum atomic E-state index is -5.08. The number of alkyl halides is 3. The van der Waals surface area contributed by atoms with Crippen molar-refractivity contribution in [3.05, 3.63) is 77.6 Å². The van der Waals surface area contributed by atoms with Gasteiger partial charge in [0.15, 0.2) is 0 Å². The second-order valence-electron chi connectivity index (χ2n) is 10.0. The Kier molecular flexibility index (Phi) is 9.12. The van der Waals surface area contributed by atoms with Gasteiger partial charge in [-0.05, 0) is 61.7 Å². The second kappa shape index (κ2) is 12.6. The van der Waals surface area contributed by atoms with Gasteiger partial charge in [0, 0.05) is 53.5 Å². The molecule has 4 aromatic rings. The molecule has 0 aliphatic carbocycles. The van der Waals surface area contributed by atoms with E-state index >= 15 is 0 Å². The number of benzene rings is 2. The van der Waals surface area contributed by atoms with E-state index < -0.39 is 23.6 Å². The van der Waals surface area contributed by atoms with Gasteiger partial charge in [0.05, 0.1) is 17.5 Å². The Morgan fingerprint density at radius 3 is 2.43 bits per heavy atom. The monoisotopic (exact) mass is 586 g/mol. The van der Waals surface area contributed by atoms with Gasteiger partial charge < -0.3 is 19.7 Å². The third-order valence-electron chi connectivity index (χ3n) is 7.00. The summed E-state index contributed by atoms with van der Waals surface area (Å²) in [4.78, 5) is 38.6. The molecule has 0 saturated carbocycles. The molecule has 0 radical (unpaired) electrons. The highest BCUT2D eigenvalue weighted by atomic mass is 19.4. The fourth-order valence-electron chi connectivity index (χ4n) is 4.96. The number of carboxylic acid groups (broad SMARTS) is 1. The highest BCUT2D eigenvalue weighted by Crippen LogP contribution is 2.27. The first-order valence-electron chi connectivity index (χ1n) is 13.0. The van der Waals surface area contributed by atoms with Crippen LogP contribution in [0.2, 0.25) is 0 Å². The van der Waals surface area contributed by atoms with Gasteiger partial charge in [-0.2, -0.15) is 13.2 Å². The van der Waals surface area contributed by atoms with Crippen LogP contribution in [0.1, 0.15) is 40.9 Å². The van der Waals surface area contributed by atoms with Crippen molar-refractivity contribution in [2.75, 3.05) is 13.2 Å². The van der Waals surface area contributed by atoms with E-state index in [-0.39, 0.29) is 12.3 Å². The molecule has 2 aromatic heterocycles. The summed E-state index contributed by atoms with van der Waals surface area (Å²) in [6, 6.07) is 17.9. The zero-order valence-electron chi connectivity index (χ0n) is 22.6. The summed E-state index contributed by atoms with van der Waals surface area (Å²) in [5.74, 6) is -3.53. The molecule has 4 N–H and O–H groups in total. The molecule has 10 nitrogen and oxygen atoms in total. The Morgan fingerprint density at radius 1 is 1.07 bits per heavy atom. The van der Waals surface area contributed by atoms with Crippen LogP contribution in [0.15, 0.2) is 60.8 Å². The van der Waals surface area contributed by atoms with Gasteiger partial charge in [0.25, 0.3) is 5.91 Å². The standard InChI is InChI=1S/C27H28N4O4.C2HF3O2/c1-18-14-21(22-4-2-3-5-23(22)28-18)17-31-11-8-19-15-20(6-7-24(19)31)26(33)29-27(16-25(32)30-34)9-12-35-13-10-27;3-2(4,5)1(6)7/h2-8,11,14-15,34H,9-10,12-13,16-17H2,1H3,(H,29,33)(H,30,32);(H,6,7). The van der Waals surface area contributed by atoms with Crippen molar-refractivity contribution in [1.29, 1.82) is 0 Å². The number of para-hydroxylation sites is 1. The highest BCUT2D eigenvalue weighted by Gasteiger charge is 2.38. The van der Waals surface area contributed by atoms with Crippen LogP contribution in [-0.2, 0) is 20.9 Å². The van der Waals surface area contributed by atoms with Crippen LogP contribution < -0.4 is 10.8 Å². The molecule has 0 bridgehead atoms. The van der Waals surface area contributed by atoms with E-state index in [1.165, 1.54) is 5.56 Å². The number of rotatable bonds is 6. The number of fused-ring (bicyclic) bond motifs is 2. The van der Waals surface area contributed by atoms with Crippen LogP contribution in [0.5, 0.6) is 0 Å². The van der Waals surface area contributed by atoms with E-state index in [4.69, 9.17) is 19.8 Å². The van der Waals surface area contributed by atoms with Crippen molar-refractivity contribution < 1.29 is 42.6 Å². The van der Waals surface area contributed by atoms with Crippen molar-refractivity contribution in [1.82, 2.24) is 20.3 Å². The maximum Gasteiger partial charge on any atom is 0.490 e. The zero-order chi connectivity index (χ0) is 30.5. The molecule has 0 spiro atoms. The van der Waals surface area contributed by atoms with Crippen molar-refractivity contribution in [3.8, 4) is 0 Å². The first-order valence-corrected chi connectivity index (χ1v) is 13.0. The minimum absolute atomic E-state index is 0.00345. The van der Waals surface area contributed by atoms with Gasteiger partial charge in [-0.3, -0.25) is 19.8 Å². The number of aliphatic carboxylic acids is 1. The van der Waals surface area contributed by atoms with Crippen LogP contribution in [0, 0.1) is 6.92 Å². The minimum Gasteiger partial charge on any atom is -0.475 e. The van der Waals surface area contributed by atoms with E-state index in [0.29, 0.717) is 38.2 Å². The van der Waals surface area contributed by atoms with E-state index in [1.54, 1.807) is 5.48 Å². The molecule has 3 heterocycles. The van der Waals surface area contributed by atoms with Gasteiger partial charge in [0.1, 0.15) is 0 Å². The van der Waals surface area contributed by atoms with Crippen molar-refractivity contribution >= 4 is 39.6 Å². The fourth-order valence-corrected chi connectivity index (χ4v) is 4.96. The predicted molar refractivity (Wildman–Crippen MR) is 146 cm³/mol. The Labute approximate surface area is 238 Å². The maximum absolute atomic E-state index is 13.2. The Morgan fingerprint density at radius 2 is 1.76 bits per heavy atom. The third kappa shape index (κ3) is 7.22. The zero-order valence-corrected chi connectivity index (χ0v) is 22.6. The lowest BCUT2D eigenvalue weighted by atomic mass is 9.86. The van der Waals surface area contributed by atoms with Crippen LogP contribution in [0.4, 0.5) is 13.2 Å². The number of aromatic nitrogens is 2. The first-order chi connectivity index (χ1) is 19.9. The number of carbonyl (C=O) groups excluding carboxylic acids is 2. The van der Waals surface area contributed by atoms with E-state index in [1.807, 2.05) is 55.6 Å². The van der Waals surface area contributed by atoms with Crippen molar-refractivity contribution in [2.45, 2.75) is 44.4 Å². The topological polar surface area (TPSA) is 143 Å². The molecular weight excluding hydrogens is 557 g/mol. The lowest BCUT2D eigenvalue weighted by Crippen LogP contribution is -2.54. The molecule has 1 aliphatic heterocycles. The lowest BCUT2D eigenvalue weighted by Gasteiger charge is -2.37. The van der Waals surface area contributed by atoms with E-state index in [0.717, 1.165) is 27.5 Å². The number of nitrogens with zero attached hydrogens (tertiary/aromatic N) is 2. The number of hydrogen-bond acceptors (Lipinski definition) is 6. The smallest absolute Gasteiger partial charge is 0.475 e. The van der Waals surface area contributed by atoms with Crippen LogP contribution >= 0.6 is 0 Å². The average Bonchev–Trinajstić information content (AvgIpc) is 3.35. The molecule has 1 fully saturated rings. The van der Waals surface area contributed by atoms with Crippen LogP contribution in [-0.4, -0.2) is 62.6 Å². The summed E-state index contributed by atoms with van der Waals surface area (Å²) in [5.41, 5.74) is 5.63. The van der Waals surface area contributed by atoms with Gasteiger partial charge in [-0.1, -0.05) is 18.2 Å². The Hall–Kier alpha value is -4.49. The number of halogens is 3. The molecule has 1 saturated heterocycles. The average molecular weight is 587 g/mol. The lowest BCUT2D eigenvalue weighted by molar-refractivity contribution is -0.192. The first kappa shape index (κ1) is 30.5. The molecular formula is C29H29F3N4O6. The summed E-state index contributed by atoms with van der Waals surface area (Å²) in [7, 11) is 0. The van der Waals surface area contributed by atoms with E-state index in [9.17, 15) is 22.8 Å². The molecule has 2 amide bonds. The fraction of sp³-hybridized carbons (Fsp3) is 0.310. The number of nitrogens with one attached hydrogen (secondary N) is 2. The van der Waals surface area contributed by atoms with Gasteiger partial charge in [-0.15, -0.1) is 0 Å². The maximum atomic E-state index is 13.2. The molecule has 1 aliphatic rings. The summed E-state index contributed by atoms with van der Waals surface area (Å²) in [6.07, 6.45) is -2.05. The van der Waals surface area contributed by atoms with Crippen LogP contribution in [0.3, 0.4) is 0 Å². The number of carboxylic acids is 1. The van der Waals surface area contributed by atoms with Gasteiger partial charge in [-0.25, -0.2) is 10.3 Å². The molecule has 5 rings (SSSR count). The number of ether oxygens (including phenoxy) is 1. The number of aryl methyl sites for hydroxylation is 1. The Balaban J connectivity index is 0.000000517. The second-order valence-corrected chi connectivity index (χ2v) is 10.0. The van der Waals surface area contributed by atoms with Crippen molar-refractivity contribution in [2.24, 2.45) is 0 Å². The van der Waals surface area contributed by atoms with E-state index in [2.05, 4.69) is 27.0 Å². The molecule has 42 heavy (non-hydrogen) atoms. The van der Waals surface area contributed by atoms with Crippen LogP contribution in [0.25, 0.3) is 21.8 Å². The van der Waals surface area contributed by atoms with Crippen molar-refractivity contribution in [3.63, 3.8) is 0 Å². The summed E-state index contributed by atoms with van der Waals surface area (Å²) < 4.78 is 39.3. The summed E-state index contributed by atoms with van der Waals surface area (Å²) >= 11 is 0. The largest absolute Gasteiger partial charge is 0.490 e. The number of pyridine rings is 1. The quantitative estimate of drug-likeness (QED) is 0.194. The number of amides is 2.